The maximum atomic E-state index is 13.9. The molecule has 0 spiro atoms. The number of nitrogens with one attached hydrogen (secondary N) is 1. The predicted molar refractivity (Wildman–Crippen MR) is 92.7 cm³/mol. The summed E-state index contributed by atoms with van der Waals surface area (Å²) in [6.07, 6.45) is 0.104. The highest BCUT2D eigenvalue weighted by atomic mass is 19.1. The molecule has 7 nitrogen and oxygen atoms in total. The van der Waals surface area contributed by atoms with E-state index in [1.165, 1.54) is 19.2 Å². The minimum Gasteiger partial charge on any atom is -0.456 e. The number of cyclic esters (lactones) is 1. The molecule has 1 fully saturated rings. The van der Waals surface area contributed by atoms with Crippen molar-refractivity contribution in [2.24, 2.45) is 5.92 Å². The molecule has 0 bridgehead atoms. The van der Waals surface area contributed by atoms with E-state index in [1.807, 2.05) is 6.92 Å². The van der Waals surface area contributed by atoms with Gasteiger partial charge in [0, 0.05) is 19.5 Å². The fourth-order valence-corrected chi connectivity index (χ4v) is 4.21. The van der Waals surface area contributed by atoms with Crippen molar-refractivity contribution in [3.8, 4) is 0 Å². The summed E-state index contributed by atoms with van der Waals surface area (Å²) in [4.78, 5) is 40.8. The van der Waals surface area contributed by atoms with Gasteiger partial charge in [-0.25, -0.2) is 14.0 Å². The highest BCUT2D eigenvalue weighted by molar-refractivity contribution is 6.02. The van der Waals surface area contributed by atoms with Crippen LogP contribution in [0.15, 0.2) is 35.5 Å². The lowest BCUT2D eigenvalue weighted by atomic mass is 9.74. The number of halogens is 1. The normalized spacial score (nSPS) is 27.4. The Balaban J connectivity index is 1.88. The van der Waals surface area contributed by atoms with E-state index < -0.39 is 35.7 Å². The summed E-state index contributed by atoms with van der Waals surface area (Å²) in [7, 11) is 1.43. The average molecular weight is 373 g/mol. The van der Waals surface area contributed by atoms with Crippen LogP contribution in [0.3, 0.4) is 0 Å². The molecule has 4 rings (SSSR count). The van der Waals surface area contributed by atoms with E-state index in [2.05, 4.69) is 5.32 Å². The minimum atomic E-state index is -0.745. The number of fused-ring (bicyclic) bond motifs is 1. The lowest BCUT2D eigenvalue weighted by molar-refractivity contribution is -0.140. The molecule has 0 radical (unpaired) electrons. The molecule has 8 heteroatoms. The lowest BCUT2D eigenvalue weighted by Crippen LogP contribution is -2.67. The zero-order chi connectivity index (χ0) is 19.3. The highest BCUT2D eigenvalue weighted by Crippen LogP contribution is 2.45. The van der Waals surface area contributed by atoms with Crippen molar-refractivity contribution < 1.29 is 23.5 Å². The van der Waals surface area contributed by atoms with Crippen molar-refractivity contribution >= 4 is 17.9 Å². The van der Waals surface area contributed by atoms with Crippen molar-refractivity contribution in [1.82, 2.24) is 15.1 Å². The van der Waals surface area contributed by atoms with Crippen LogP contribution in [0.5, 0.6) is 0 Å². The van der Waals surface area contributed by atoms with Gasteiger partial charge in [0.25, 0.3) is 0 Å². The summed E-state index contributed by atoms with van der Waals surface area (Å²) in [6.45, 7) is 2.46. The van der Waals surface area contributed by atoms with Gasteiger partial charge in [-0.3, -0.25) is 9.69 Å². The molecule has 1 saturated heterocycles. The van der Waals surface area contributed by atoms with E-state index in [0.717, 1.165) is 4.90 Å². The highest BCUT2D eigenvalue weighted by Gasteiger charge is 2.55. The lowest BCUT2D eigenvalue weighted by Gasteiger charge is -2.49. The average Bonchev–Trinajstić information content (AvgIpc) is 3.02. The van der Waals surface area contributed by atoms with Crippen molar-refractivity contribution in [2.75, 3.05) is 20.2 Å². The molecule has 3 aliphatic heterocycles. The number of esters is 1. The van der Waals surface area contributed by atoms with Crippen LogP contribution in [-0.4, -0.2) is 54.1 Å². The molecule has 0 aromatic heterocycles. The Kier molecular flexibility index (Phi) is 4.13. The second-order valence-corrected chi connectivity index (χ2v) is 6.99. The largest absolute Gasteiger partial charge is 0.456 e. The van der Waals surface area contributed by atoms with E-state index in [1.54, 1.807) is 17.0 Å². The molecule has 142 valence electrons. The van der Waals surface area contributed by atoms with Crippen molar-refractivity contribution in [3.05, 3.63) is 46.9 Å². The first-order valence-electron chi connectivity index (χ1n) is 8.94. The topological polar surface area (TPSA) is 79.0 Å². The van der Waals surface area contributed by atoms with Crippen molar-refractivity contribution in [3.63, 3.8) is 0 Å². The fraction of sp³-hybridized carbons (Fsp3) is 0.421. The maximum absolute atomic E-state index is 13.9. The van der Waals surface area contributed by atoms with Gasteiger partial charge in [-0.15, -0.1) is 0 Å². The van der Waals surface area contributed by atoms with Crippen LogP contribution in [0.2, 0.25) is 0 Å². The Hall–Kier alpha value is -2.90. The third-order valence-corrected chi connectivity index (χ3v) is 5.38. The molecular weight excluding hydrogens is 353 g/mol. The number of nitrogens with zero attached hydrogens (tertiary/aromatic N) is 2. The van der Waals surface area contributed by atoms with E-state index in [0.29, 0.717) is 29.8 Å². The van der Waals surface area contributed by atoms with Gasteiger partial charge in [-0.1, -0.05) is 19.1 Å². The quantitative estimate of drug-likeness (QED) is 0.814. The Labute approximate surface area is 155 Å². The van der Waals surface area contributed by atoms with Gasteiger partial charge in [-0.2, -0.15) is 0 Å². The number of carbonyl (C=O) groups is 3. The second-order valence-electron chi connectivity index (χ2n) is 6.99. The molecule has 27 heavy (non-hydrogen) atoms. The van der Waals surface area contributed by atoms with Gasteiger partial charge in [0.15, 0.2) is 0 Å². The molecule has 1 aromatic rings. The number of hydrogen-bond donors (Lipinski definition) is 1. The standard InChI is InChI=1S/C19H20FN3O4/c1-3-7-23-16-15(17(24)22(2)19(23)26)13(10-5-4-6-11(20)8-10)14-12(21-16)9-27-18(14)25/h4-6,8,13,15-16,21H,3,7,9H2,1-2H3. The van der Waals surface area contributed by atoms with E-state index in [4.69, 9.17) is 4.74 Å². The zero-order valence-electron chi connectivity index (χ0n) is 15.1. The molecule has 3 aliphatic rings. The molecule has 1 aromatic carbocycles. The number of amides is 3. The Morgan fingerprint density at radius 2 is 2.07 bits per heavy atom. The van der Waals surface area contributed by atoms with Gasteiger partial charge in [0.2, 0.25) is 5.91 Å². The molecule has 0 aliphatic carbocycles. The third-order valence-electron chi connectivity index (χ3n) is 5.38. The van der Waals surface area contributed by atoms with Crippen molar-refractivity contribution in [2.45, 2.75) is 25.4 Å². The van der Waals surface area contributed by atoms with Gasteiger partial charge in [0.05, 0.1) is 17.2 Å². The van der Waals surface area contributed by atoms with E-state index >= 15 is 0 Å². The fourth-order valence-electron chi connectivity index (χ4n) is 4.21. The molecule has 3 unspecified atom stereocenters. The van der Waals surface area contributed by atoms with Crippen LogP contribution in [0.4, 0.5) is 9.18 Å². The molecule has 3 heterocycles. The summed E-state index contributed by atoms with van der Waals surface area (Å²) >= 11 is 0. The predicted octanol–water partition coefficient (Wildman–Crippen LogP) is 1.57. The van der Waals surface area contributed by atoms with Gasteiger partial charge in [0.1, 0.15) is 18.6 Å². The molecule has 3 atom stereocenters. The smallest absolute Gasteiger partial charge is 0.336 e. The number of hydrogen-bond acceptors (Lipinski definition) is 5. The molecule has 0 saturated carbocycles. The number of rotatable bonds is 3. The van der Waals surface area contributed by atoms with E-state index in [-0.39, 0.29) is 12.6 Å². The van der Waals surface area contributed by atoms with E-state index in [9.17, 15) is 18.8 Å². The van der Waals surface area contributed by atoms with Crippen LogP contribution < -0.4 is 5.32 Å². The number of carbonyl (C=O) groups excluding carboxylic acids is 3. The molecule has 3 amide bonds. The van der Waals surface area contributed by atoms with Crippen LogP contribution in [0, 0.1) is 11.7 Å². The number of ether oxygens (including phenoxy) is 1. The minimum absolute atomic E-state index is 0.0569. The Bertz CT molecular complexity index is 868. The molecule has 1 N–H and O–H groups in total. The first-order chi connectivity index (χ1) is 12.9. The summed E-state index contributed by atoms with van der Waals surface area (Å²) in [5.41, 5.74) is 1.42. The second kappa shape index (κ2) is 6.37. The first kappa shape index (κ1) is 17.5. The summed E-state index contributed by atoms with van der Waals surface area (Å²) < 4.78 is 19.1. The Morgan fingerprint density at radius 3 is 2.78 bits per heavy atom. The van der Waals surface area contributed by atoms with Gasteiger partial charge >= 0.3 is 12.0 Å². The first-order valence-corrected chi connectivity index (χ1v) is 8.94. The monoisotopic (exact) mass is 373 g/mol. The summed E-state index contributed by atoms with van der Waals surface area (Å²) in [6, 6.07) is 5.50. The number of urea groups is 1. The zero-order valence-corrected chi connectivity index (χ0v) is 15.1. The van der Waals surface area contributed by atoms with Crippen LogP contribution in [0.25, 0.3) is 0 Å². The van der Waals surface area contributed by atoms with Crippen LogP contribution >= 0.6 is 0 Å². The number of imide groups is 1. The summed E-state index contributed by atoms with van der Waals surface area (Å²) in [5.74, 6) is -2.79. The summed E-state index contributed by atoms with van der Waals surface area (Å²) in [5, 5.41) is 3.18. The van der Waals surface area contributed by atoms with Crippen LogP contribution in [0.1, 0.15) is 24.8 Å². The van der Waals surface area contributed by atoms with Crippen LogP contribution in [-0.2, 0) is 14.3 Å². The molecular formula is C19H20FN3O4. The van der Waals surface area contributed by atoms with Gasteiger partial charge in [-0.05, 0) is 24.1 Å². The van der Waals surface area contributed by atoms with Gasteiger partial charge < -0.3 is 15.0 Å². The Morgan fingerprint density at radius 1 is 1.30 bits per heavy atom. The number of benzene rings is 1. The third kappa shape index (κ3) is 2.58. The maximum Gasteiger partial charge on any atom is 0.336 e. The van der Waals surface area contributed by atoms with Crippen molar-refractivity contribution in [1.29, 1.82) is 0 Å². The SMILES string of the molecule is CCCN1C(=O)N(C)C(=O)C2C(c3cccc(F)c3)C3=C(COC3=O)NC21.